The number of rotatable bonds is 1. The van der Waals surface area contributed by atoms with Crippen molar-refractivity contribution in [3.8, 4) is 6.07 Å². The zero-order chi connectivity index (χ0) is 9.26. The lowest BCUT2D eigenvalue weighted by Crippen LogP contribution is -1.81. The molecule has 0 aliphatic heterocycles. The van der Waals surface area contributed by atoms with Gasteiger partial charge < -0.3 is 4.98 Å². The van der Waals surface area contributed by atoms with Crippen LogP contribution in [0.3, 0.4) is 0 Å². The molecule has 4 nitrogen and oxygen atoms in total. The van der Waals surface area contributed by atoms with Gasteiger partial charge in [0.25, 0.3) is 0 Å². The Hall–Kier alpha value is -2.15. The summed E-state index contributed by atoms with van der Waals surface area (Å²) in [6.07, 6.45) is 3.76. The third kappa shape index (κ3) is 1.07. The Bertz CT molecular complexity index is 507. The highest BCUT2D eigenvalue weighted by Crippen LogP contribution is 2.14. The summed E-state index contributed by atoms with van der Waals surface area (Å²) >= 11 is 0. The molecule has 0 amide bonds. The van der Waals surface area contributed by atoms with Crippen molar-refractivity contribution in [2.45, 2.75) is 0 Å². The minimum absolute atomic E-state index is 0.479. The van der Waals surface area contributed by atoms with E-state index in [1.165, 1.54) is 6.20 Å². The molecule has 2 aromatic heterocycles. The molecule has 62 valence electrons. The number of aromatic nitrogens is 2. The lowest BCUT2D eigenvalue weighted by Gasteiger charge is -1.89. The molecule has 0 saturated carbocycles. The number of hydrogen-bond donors (Lipinski definition) is 1. The fourth-order valence-corrected chi connectivity index (χ4v) is 1.18. The van der Waals surface area contributed by atoms with E-state index in [1.54, 1.807) is 12.3 Å². The third-order valence-corrected chi connectivity index (χ3v) is 1.80. The second-order valence-corrected chi connectivity index (χ2v) is 2.59. The Morgan fingerprint density at radius 3 is 3.15 bits per heavy atom. The second kappa shape index (κ2) is 2.72. The van der Waals surface area contributed by atoms with Crippen molar-refractivity contribution in [3.63, 3.8) is 0 Å². The predicted octanol–water partition coefficient (Wildman–Crippen LogP) is 1.25. The molecular formula is C9H5N3O. The fourth-order valence-electron chi connectivity index (χ4n) is 1.18. The van der Waals surface area contributed by atoms with Crippen LogP contribution < -0.4 is 0 Å². The topological polar surface area (TPSA) is 69.5 Å². The van der Waals surface area contributed by atoms with Crippen LogP contribution >= 0.6 is 0 Å². The number of aldehydes is 1. The van der Waals surface area contributed by atoms with Gasteiger partial charge in [0, 0.05) is 12.4 Å². The molecule has 4 heteroatoms. The maximum Gasteiger partial charge on any atom is 0.153 e. The van der Waals surface area contributed by atoms with Crippen LogP contribution in [0.4, 0.5) is 0 Å². The summed E-state index contributed by atoms with van der Waals surface area (Å²) in [5.74, 6) is 0. The Kier molecular flexibility index (Phi) is 1.57. The average molecular weight is 171 g/mol. The van der Waals surface area contributed by atoms with Gasteiger partial charge in [-0.05, 0) is 6.07 Å². The summed E-state index contributed by atoms with van der Waals surface area (Å²) < 4.78 is 0. The van der Waals surface area contributed by atoms with Crippen molar-refractivity contribution in [2.75, 3.05) is 0 Å². The van der Waals surface area contributed by atoms with Gasteiger partial charge in [-0.2, -0.15) is 5.26 Å². The molecule has 2 heterocycles. The van der Waals surface area contributed by atoms with Crippen molar-refractivity contribution in [2.24, 2.45) is 0 Å². The van der Waals surface area contributed by atoms with E-state index in [9.17, 15) is 4.79 Å². The van der Waals surface area contributed by atoms with Crippen LogP contribution in [0, 0.1) is 11.3 Å². The molecule has 2 aromatic rings. The van der Waals surface area contributed by atoms with Gasteiger partial charge in [-0.25, -0.2) is 0 Å². The molecule has 0 aliphatic rings. The number of hydrogen-bond acceptors (Lipinski definition) is 3. The van der Waals surface area contributed by atoms with Crippen molar-refractivity contribution in [3.05, 3.63) is 29.6 Å². The van der Waals surface area contributed by atoms with Gasteiger partial charge in [0.2, 0.25) is 0 Å². The van der Waals surface area contributed by atoms with E-state index in [2.05, 4.69) is 9.97 Å². The molecule has 0 spiro atoms. The summed E-state index contributed by atoms with van der Waals surface area (Å²) in [6, 6.07) is 3.64. The lowest BCUT2D eigenvalue weighted by atomic mass is 10.2. The summed E-state index contributed by atoms with van der Waals surface area (Å²) in [5, 5.41) is 8.59. The van der Waals surface area contributed by atoms with Crippen LogP contribution in [-0.4, -0.2) is 16.3 Å². The van der Waals surface area contributed by atoms with E-state index in [1.807, 2.05) is 6.07 Å². The minimum atomic E-state index is 0.479. The molecule has 0 fully saturated rings. The van der Waals surface area contributed by atoms with Gasteiger partial charge in [0.1, 0.15) is 6.07 Å². The highest BCUT2D eigenvalue weighted by molar-refractivity contribution is 5.94. The molecule has 0 aromatic carbocycles. The van der Waals surface area contributed by atoms with Crippen molar-refractivity contribution in [1.82, 2.24) is 9.97 Å². The first-order valence-electron chi connectivity index (χ1n) is 3.67. The predicted molar refractivity (Wildman–Crippen MR) is 46.2 cm³/mol. The molecular weight excluding hydrogens is 166 g/mol. The first kappa shape index (κ1) is 7.50. The molecule has 0 unspecified atom stereocenters. The largest absolute Gasteiger partial charge is 0.359 e. The van der Waals surface area contributed by atoms with Gasteiger partial charge in [-0.1, -0.05) is 0 Å². The smallest absolute Gasteiger partial charge is 0.153 e. The third-order valence-electron chi connectivity index (χ3n) is 1.80. The molecule has 2 rings (SSSR count). The molecule has 0 radical (unpaired) electrons. The number of nitriles is 1. The van der Waals surface area contributed by atoms with Gasteiger partial charge in [-0.15, -0.1) is 0 Å². The summed E-state index contributed by atoms with van der Waals surface area (Å²) in [5.41, 5.74) is 2.31. The monoisotopic (exact) mass is 171 g/mol. The number of H-pyrrole nitrogens is 1. The SMILES string of the molecule is N#Cc1cnc2c(C=O)c[nH]c2c1. The highest BCUT2D eigenvalue weighted by Gasteiger charge is 2.03. The van der Waals surface area contributed by atoms with Gasteiger partial charge in [-0.3, -0.25) is 9.78 Å². The lowest BCUT2D eigenvalue weighted by molar-refractivity contribution is 0.112. The van der Waals surface area contributed by atoms with Crippen LogP contribution in [0.1, 0.15) is 15.9 Å². The minimum Gasteiger partial charge on any atom is -0.359 e. The summed E-state index contributed by atoms with van der Waals surface area (Å²) in [4.78, 5) is 17.4. The molecule has 1 N–H and O–H groups in total. The molecule has 0 saturated heterocycles. The first-order chi connectivity index (χ1) is 6.35. The van der Waals surface area contributed by atoms with E-state index < -0.39 is 0 Å². The highest BCUT2D eigenvalue weighted by atomic mass is 16.1. The number of carbonyl (C=O) groups excluding carboxylic acids is 1. The van der Waals surface area contributed by atoms with Gasteiger partial charge in [0.05, 0.1) is 22.2 Å². The number of nitrogens with zero attached hydrogens (tertiary/aromatic N) is 2. The summed E-state index contributed by atoms with van der Waals surface area (Å²) in [7, 11) is 0. The van der Waals surface area contributed by atoms with Crippen molar-refractivity contribution in [1.29, 1.82) is 5.26 Å². The van der Waals surface area contributed by atoms with Crippen molar-refractivity contribution >= 4 is 17.3 Å². The van der Waals surface area contributed by atoms with E-state index >= 15 is 0 Å². The van der Waals surface area contributed by atoms with Crippen LogP contribution in [0.5, 0.6) is 0 Å². The molecule has 0 aliphatic carbocycles. The zero-order valence-corrected chi connectivity index (χ0v) is 6.61. The molecule has 0 bridgehead atoms. The standard InChI is InChI=1S/C9H5N3O/c10-2-6-1-8-9(12-3-6)7(5-13)4-11-8/h1,3-5,11H. The Morgan fingerprint density at radius 2 is 2.46 bits per heavy atom. The number of fused-ring (bicyclic) bond motifs is 1. The Morgan fingerprint density at radius 1 is 1.62 bits per heavy atom. The zero-order valence-electron chi connectivity index (χ0n) is 6.61. The number of nitrogens with one attached hydrogen (secondary N) is 1. The maximum absolute atomic E-state index is 10.5. The average Bonchev–Trinajstić information content (AvgIpc) is 2.59. The molecule has 0 atom stereocenters. The molecule has 13 heavy (non-hydrogen) atoms. The Balaban J connectivity index is 2.76. The normalized spacial score (nSPS) is 9.77. The number of aromatic amines is 1. The maximum atomic E-state index is 10.5. The van der Waals surface area contributed by atoms with Crippen LogP contribution in [-0.2, 0) is 0 Å². The fraction of sp³-hybridized carbons (Fsp3) is 0. The van der Waals surface area contributed by atoms with Crippen LogP contribution in [0.15, 0.2) is 18.5 Å². The van der Waals surface area contributed by atoms with E-state index in [4.69, 9.17) is 5.26 Å². The Labute approximate surface area is 73.8 Å². The number of pyridine rings is 1. The van der Waals surface area contributed by atoms with Crippen LogP contribution in [0.25, 0.3) is 11.0 Å². The van der Waals surface area contributed by atoms with Crippen molar-refractivity contribution < 1.29 is 4.79 Å². The van der Waals surface area contributed by atoms with E-state index in [0.717, 1.165) is 6.29 Å². The number of carbonyl (C=O) groups is 1. The quantitative estimate of drug-likeness (QED) is 0.656. The summed E-state index contributed by atoms with van der Waals surface area (Å²) in [6.45, 7) is 0. The van der Waals surface area contributed by atoms with E-state index in [-0.39, 0.29) is 0 Å². The second-order valence-electron chi connectivity index (χ2n) is 2.59. The van der Waals surface area contributed by atoms with Gasteiger partial charge >= 0.3 is 0 Å². The van der Waals surface area contributed by atoms with Gasteiger partial charge in [0.15, 0.2) is 6.29 Å². The van der Waals surface area contributed by atoms with Crippen LogP contribution in [0.2, 0.25) is 0 Å². The first-order valence-corrected chi connectivity index (χ1v) is 3.67. The van der Waals surface area contributed by atoms with E-state index in [0.29, 0.717) is 22.2 Å².